The zero-order valence-electron chi connectivity index (χ0n) is 9.30. The first-order chi connectivity index (χ1) is 8.10. The Kier molecular flexibility index (Phi) is 2.86. The molecule has 2 rings (SSSR count). The zero-order valence-corrected chi connectivity index (χ0v) is 9.30. The Morgan fingerprint density at radius 1 is 1.59 bits per heavy atom. The number of benzene rings is 1. The van der Waals surface area contributed by atoms with Crippen molar-refractivity contribution >= 4 is 11.9 Å². The number of methoxy groups -OCH3 is 1. The number of ether oxygens (including phenoxy) is 1. The number of nitrogens with one attached hydrogen (secondary N) is 1. The van der Waals surface area contributed by atoms with Gasteiger partial charge in [-0.3, -0.25) is 10.1 Å². The van der Waals surface area contributed by atoms with Crippen LogP contribution in [0.1, 0.15) is 18.0 Å². The van der Waals surface area contributed by atoms with Crippen LogP contribution >= 0.6 is 0 Å². The number of guanidine groups is 1. The number of amides is 1. The fourth-order valence-corrected chi connectivity index (χ4v) is 1.73. The number of aromatic hydroxyl groups is 1. The first-order valence-electron chi connectivity index (χ1n) is 5.10. The van der Waals surface area contributed by atoms with E-state index in [1.807, 2.05) is 0 Å². The van der Waals surface area contributed by atoms with Gasteiger partial charge in [0.25, 0.3) is 0 Å². The fourth-order valence-electron chi connectivity index (χ4n) is 1.73. The van der Waals surface area contributed by atoms with Crippen LogP contribution in [-0.2, 0) is 4.79 Å². The molecular formula is C11H13N3O3. The minimum absolute atomic E-state index is 0.0422. The zero-order chi connectivity index (χ0) is 12.4. The number of hydrogen-bond acceptors (Lipinski definition) is 5. The van der Waals surface area contributed by atoms with E-state index in [2.05, 4.69) is 10.3 Å². The molecule has 1 amide bonds. The Morgan fingerprint density at radius 3 is 2.94 bits per heavy atom. The number of carbonyl (C=O) groups is 1. The third kappa shape index (κ3) is 2.30. The molecule has 0 saturated heterocycles. The molecule has 1 heterocycles. The maximum absolute atomic E-state index is 11.3. The number of hydrogen-bond donors (Lipinski definition) is 3. The summed E-state index contributed by atoms with van der Waals surface area (Å²) in [5, 5.41) is 12.2. The Labute approximate surface area is 98.1 Å². The molecule has 0 bridgehead atoms. The lowest BCUT2D eigenvalue weighted by atomic mass is 10.0. The number of aliphatic imine (C=N–C) groups is 1. The molecule has 0 spiro atoms. The number of rotatable bonds is 2. The van der Waals surface area contributed by atoms with Crippen molar-refractivity contribution in [3.05, 3.63) is 23.8 Å². The molecule has 1 aromatic carbocycles. The van der Waals surface area contributed by atoms with E-state index in [4.69, 9.17) is 10.5 Å². The normalized spacial score (nSPS) is 19.5. The molecule has 90 valence electrons. The molecule has 1 aliphatic heterocycles. The molecule has 4 N–H and O–H groups in total. The van der Waals surface area contributed by atoms with Crippen molar-refractivity contribution in [2.24, 2.45) is 10.7 Å². The summed E-state index contributed by atoms with van der Waals surface area (Å²) in [4.78, 5) is 15.4. The van der Waals surface area contributed by atoms with Crippen molar-refractivity contribution in [3.8, 4) is 11.5 Å². The smallest absolute Gasteiger partial charge is 0.229 e. The molecule has 0 radical (unpaired) electrons. The quantitative estimate of drug-likeness (QED) is 0.685. The van der Waals surface area contributed by atoms with Crippen molar-refractivity contribution in [1.29, 1.82) is 0 Å². The Balaban J connectivity index is 2.34. The molecular weight excluding hydrogens is 222 g/mol. The van der Waals surface area contributed by atoms with Gasteiger partial charge in [0, 0.05) is 11.6 Å². The third-order valence-electron chi connectivity index (χ3n) is 2.54. The molecule has 0 fully saturated rings. The molecule has 6 nitrogen and oxygen atoms in total. The summed E-state index contributed by atoms with van der Waals surface area (Å²) in [7, 11) is 1.51. The third-order valence-corrected chi connectivity index (χ3v) is 2.54. The second-order valence-corrected chi connectivity index (χ2v) is 3.71. The molecule has 1 atom stereocenters. The van der Waals surface area contributed by atoms with Gasteiger partial charge >= 0.3 is 0 Å². The SMILES string of the molecule is COc1ccc([C@@H]2CC(=O)NC(N)=N2)c(O)c1. The summed E-state index contributed by atoms with van der Waals surface area (Å²) in [6.07, 6.45) is 0.167. The predicted molar refractivity (Wildman–Crippen MR) is 61.8 cm³/mol. The van der Waals surface area contributed by atoms with E-state index in [1.54, 1.807) is 12.1 Å². The lowest BCUT2D eigenvalue weighted by Gasteiger charge is -2.19. The highest BCUT2D eigenvalue weighted by atomic mass is 16.5. The van der Waals surface area contributed by atoms with E-state index in [0.29, 0.717) is 11.3 Å². The minimum atomic E-state index is -0.449. The standard InChI is InChI=1S/C11H13N3O3/c1-17-6-2-3-7(9(15)4-6)8-5-10(16)14-11(12)13-8/h2-4,8,15H,5H2,1H3,(H3,12,13,14,16)/t8-/m0/s1. The summed E-state index contributed by atoms with van der Waals surface area (Å²) in [6.45, 7) is 0. The summed E-state index contributed by atoms with van der Waals surface area (Å²) in [5.41, 5.74) is 6.03. The summed E-state index contributed by atoms with van der Waals surface area (Å²) in [5.74, 6) is 0.447. The van der Waals surface area contributed by atoms with Crippen LogP contribution < -0.4 is 15.8 Å². The average molecular weight is 235 g/mol. The topological polar surface area (TPSA) is 96.9 Å². The summed E-state index contributed by atoms with van der Waals surface area (Å²) >= 11 is 0. The second kappa shape index (κ2) is 4.32. The lowest BCUT2D eigenvalue weighted by molar-refractivity contribution is -0.120. The van der Waals surface area contributed by atoms with Crippen LogP contribution in [0.3, 0.4) is 0 Å². The van der Waals surface area contributed by atoms with E-state index in [0.717, 1.165) is 0 Å². The van der Waals surface area contributed by atoms with Crippen molar-refractivity contribution in [3.63, 3.8) is 0 Å². The molecule has 0 saturated carbocycles. The van der Waals surface area contributed by atoms with Crippen molar-refractivity contribution in [2.75, 3.05) is 7.11 Å². The summed E-state index contributed by atoms with van der Waals surface area (Å²) in [6, 6.07) is 4.41. The van der Waals surface area contributed by atoms with Crippen LogP contribution in [-0.4, -0.2) is 24.1 Å². The van der Waals surface area contributed by atoms with Gasteiger partial charge in [-0.05, 0) is 12.1 Å². The fraction of sp³-hybridized carbons (Fsp3) is 0.273. The van der Waals surface area contributed by atoms with E-state index in [1.165, 1.54) is 13.2 Å². The molecule has 1 aliphatic rings. The van der Waals surface area contributed by atoms with E-state index in [-0.39, 0.29) is 24.0 Å². The number of nitrogens with zero attached hydrogens (tertiary/aromatic N) is 1. The number of carbonyl (C=O) groups excluding carboxylic acids is 1. The van der Waals surface area contributed by atoms with Gasteiger partial charge in [0.2, 0.25) is 5.91 Å². The lowest BCUT2D eigenvalue weighted by Crippen LogP contribution is -2.41. The van der Waals surface area contributed by atoms with Gasteiger partial charge in [0.1, 0.15) is 11.5 Å². The molecule has 6 heteroatoms. The highest BCUT2D eigenvalue weighted by Gasteiger charge is 2.23. The Morgan fingerprint density at radius 2 is 2.35 bits per heavy atom. The van der Waals surface area contributed by atoms with Crippen LogP contribution in [0, 0.1) is 0 Å². The van der Waals surface area contributed by atoms with Crippen molar-refractivity contribution < 1.29 is 14.6 Å². The van der Waals surface area contributed by atoms with Gasteiger partial charge in [-0.15, -0.1) is 0 Å². The van der Waals surface area contributed by atoms with E-state index >= 15 is 0 Å². The largest absolute Gasteiger partial charge is 0.507 e. The Bertz CT molecular complexity index is 485. The van der Waals surface area contributed by atoms with Crippen LogP contribution in [0.4, 0.5) is 0 Å². The molecule has 0 aliphatic carbocycles. The first-order valence-corrected chi connectivity index (χ1v) is 5.10. The average Bonchev–Trinajstić information content (AvgIpc) is 2.27. The van der Waals surface area contributed by atoms with Gasteiger partial charge in [0.05, 0.1) is 19.6 Å². The monoisotopic (exact) mass is 235 g/mol. The number of phenolic OH excluding ortho intramolecular Hbond substituents is 1. The van der Waals surface area contributed by atoms with E-state index < -0.39 is 6.04 Å². The van der Waals surface area contributed by atoms with E-state index in [9.17, 15) is 9.90 Å². The van der Waals surface area contributed by atoms with Gasteiger partial charge in [-0.1, -0.05) is 0 Å². The maximum Gasteiger partial charge on any atom is 0.229 e. The first kappa shape index (κ1) is 11.3. The summed E-state index contributed by atoms with van der Waals surface area (Å²) < 4.78 is 4.98. The molecule has 17 heavy (non-hydrogen) atoms. The minimum Gasteiger partial charge on any atom is -0.507 e. The van der Waals surface area contributed by atoms with Crippen LogP contribution in [0.15, 0.2) is 23.2 Å². The highest BCUT2D eigenvalue weighted by molar-refractivity contribution is 5.98. The maximum atomic E-state index is 11.3. The second-order valence-electron chi connectivity index (χ2n) is 3.71. The van der Waals surface area contributed by atoms with Gasteiger partial charge in [-0.2, -0.15) is 0 Å². The van der Waals surface area contributed by atoms with Gasteiger partial charge in [0.15, 0.2) is 5.96 Å². The van der Waals surface area contributed by atoms with Crippen molar-refractivity contribution in [2.45, 2.75) is 12.5 Å². The number of phenols is 1. The molecule has 0 aromatic heterocycles. The van der Waals surface area contributed by atoms with Crippen LogP contribution in [0.5, 0.6) is 11.5 Å². The molecule has 1 aromatic rings. The number of nitrogens with two attached hydrogens (primary N) is 1. The predicted octanol–water partition coefficient (Wildman–Crippen LogP) is 0.277. The van der Waals surface area contributed by atoms with Crippen LogP contribution in [0.2, 0.25) is 0 Å². The van der Waals surface area contributed by atoms with Gasteiger partial charge < -0.3 is 15.6 Å². The Hall–Kier alpha value is -2.24. The highest BCUT2D eigenvalue weighted by Crippen LogP contribution is 2.33. The molecule has 0 unspecified atom stereocenters. The van der Waals surface area contributed by atoms with Gasteiger partial charge in [-0.25, -0.2) is 4.99 Å². The van der Waals surface area contributed by atoms with Crippen LogP contribution in [0.25, 0.3) is 0 Å². The van der Waals surface area contributed by atoms with Crippen molar-refractivity contribution in [1.82, 2.24) is 5.32 Å².